The zero-order valence-corrected chi connectivity index (χ0v) is 14.8. The Morgan fingerprint density at radius 1 is 1.04 bits per heavy atom. The largest absolute Gasteiger partial charge is 0.389 e. The molecule has 0 aliphatic rings. The number of hydrogen-bond acceptors (Lipinski definition) is 4. The summed E-state index contributed by atoms with van der Waals surface area (Å²) in [5, 5.41) is 15.1. The first-order valence-corrected chi connectivity index (χ1v) is 8.64. The van der Waals surface area contributed by atoms with Crippen LogP contribution in [-0.2, 0) is 17.9 Å². The van der Waals surface area contributed by atoms with Crippen molar-refractivity contribution in [1.29, 1.82) is 0 Å². The highest BCUT2D eigenvalue weighted by atomic mass is 35.5. The van der Waals surface area contributed by atoms with Crippen molar-refractivity contribution < 1.29 is 9.84 Å². The first-order valence-electron chi connectivity index (χ1n) is 8.26. The Morgan fingerprint density at radius 3 is 2.54 bits per heavy atom. The quantitative estimate of drug-likeness (QED) is 0.694. The summed E-state index contributed by atoms with van der Waals surface area (Å²) in [7, 11) is 0. The molecular weight excluding hydrogens is 352 g/mol. The van der Waals surface area contributed by atoms with Gasteiger partial charge in [0.05, 0.1) is 31.6 Å². The van der Waals surface area contributed by atoms with E-state index >= 15 is 0 Å². The molecule has 6 heteroatoms. The Hall–Kier alpha value is -2.47. The van der Waals surface area contributed by atoms with Crippen LogP contribution in [0.5, 0.6) is 0 Å². The van der Waals surface area contributed by atoms with Crippen LogP contribution in [-0.4, -0.2) is 27.6 Å². The molecule has 0 bridgehead atoms. The first-order chi connectivity index (χ1) is 12.6. The number of rotatable bonds is 7. The van der Waals surface area contributed by atoms with Crippen molar-refractivity contribution in [3.05, 3.63) is 87.7 Å². The summed E-state index contributed by atoms with van der Waals surface area (Å²) in [5.41, 5.74) is 2.16. The fourth-order valence-electron chi connectivity index (χ4n) is 2.52. The molecule has 0 amide bonds. The Morgan fingerprint density at radius 2 is 1.77 bits per heavy atom. The van der Waals surface area contributed by atoms with Crippen molar-refractivity contribution in [1.82, 2.24) is 9.78 Å². The van der Waals surface area contributed by atoms with Crippen molar-refractivity contribution >= 4 is 11.6 Å². The molecule has 0 fully saturated rings. The van der Waals surface area contributed by atoms with Gasteiger partial charge < -0.3 is 9.84 Å². The van der Waals surface area contributed by atoms with Crippen LogP contribution in [0, 0.1) is 0 Å². The topological polar surface area (TPSA) is 64.4 Å². The van der Waals surface area contributed by atoms with Gasteiger partial charge in [-0.25, -0.2) is 4.68 Å². The molecule has 1 heterocycles. The van der Waals surface area contributed by atoms with Crippen molar-refractivity contribution in [2.45, 2.75) is 19.3 Å². The molecule has 0 saturated heterocycles. The molecule has 1 atom stereocenters. The average molecular weight is 371 g/mol. The maximum atomic E-state index is 12.0. The van der Waals surface area contributed by atoms with Gasteiger partial charge in [0.25, 0.3) is 5.56 Å². The molecule has 5 nitrogen and oxygen atoms in total. The van der Waals surface area contributed by atoms with E-state index in [0.29, 0.717) is 17.3 Å². The SMILES string of the molecule is O=c1ccc(-c2ccccc2)nn1C[C@@H](O)COCc1ccccc1Cl. The van der Waals surface area contributed by atoms with Crippen LogP contribution in [0.3, 0.4) is 0 Å². The zero-order chi connectivity index (χ0) is 18.4. The lowest BCUT2D eigenvalue weighted by molar-refractivity contribution is 0.0181. The molecule has 0 unspecified atom stereocenters. The number of aromatic nitrogens is 2. The fourth-order valence-corrected chi connectivity index (χ4v) is 2.71. The second kappa shape index (κ2) is 8.76. The van der Waals surface area contributed by atoms with Crippen molar-refractivity contribution in [2.75, 3.05) is 6.61 Å². The third-order valence-corrected chi connectivity index (χ3v) is 4.21. The summed E-state index contributed by atoms with van der Waals surface area (Å²) in [6, 6.07) is 20.1. The molecule has 134 valence electrons. The van der Waals surface area contributed by atoms with Gasteiger partial charge in [0.2, 0.25) is 0 Å². The summed E-state index contributed by atoms with van der Waals surface area (Å²) >= 11 is 6.07. The van der Waals surface area contributed by atoms with E-state index in [1.54, 1.807) is 12.1 Å². The molecule has 1 N–H and O–H groups in total. The van der Waals surface area contributed by atoms with Crippen LogP contribution >= 0.6 is 11.6 Å². The summed E-state index contributed by atoms with van der Waals surface area (Å²) in [6.45, 7) is 0.431. The van der Waals surface area contributed by atoms with E-state index in [1.807, 2.05) is 48.5 Å². The van der Waals surface area contributed by atoms with Crippen LogP contribution in [0.25, 0.3) is 11.3 Å². The predicted molar refractivity (Wildman–Crippen MR) is 101 cm³/mol. The van der Waals surface area contributed by atoms with Gasteiger partial charge in [-0.3, -0.25) is 4.79 Å². The average Bonchev–Trinajstić information content (AvgIpc) is 2.66. The summed E-state index contributed by atoms with van der Waals surface area (Å²) < 4.78 is 6.77. The van der Waals surface area contributed by atoms with E-state index in [1.165, 1.54) is 10.7 Å². The first kappa shape index (κ1) is 18.3. The lowest BCUT2D eigenvalue weighted by Crippen LogP contribution is -2.30. The molecule has 0 aliphatic heterocycles. The van der Waals surface area contributed by atoms with Gasteiger partial charge in [-0.1, -0.05) is 60.1 Å². The zero-order valence-electron chi connectivity index (χ0n) is 14.1. The second-order valence-corrected chi connectivity index (χ2v) is 6.27. The summed E-state index contributed by atoms with van der Waals surface area (Å²) in [6.07, 6.45) is -0.853. The van der Waals surface area contributed by atoms with Gasteiger partial charge in [-0.2, -0.15) is 5.10 Å². The smallest absolute Gasteiger partial charge is 0.266 e. The molecule has 3 rings (SSSR count). The maximum absolute atomic E-state index is 12.0. The van der Waals surface area contributed by atoms with Gasteiger partial charge in [0.1, 0.15) is 0 Å². The van der Waals surface area contributed by atoms with Crippen molar-refractivity contribution in [2.24, 2.45) is 0 Å². The molecule has 0 saturated carbocycles. The van der Waals surface area contributed by atoms with Crippen LogP contribution in [0.4, 0.5) is 0 Å². The number of hydrogen-bond donors (Lipinski definition) is 1. The Kier molecular flexibility index (Phi) is 6.17. The third-order valence-electron chi connectivity index (χ3n) is 3.85. The number of nitrogens with zero attached hydrogens (tertiary/aromatic N) is 2. The number of ether oxygens (including phenoxy) is 1. The fraction of sp³-hybridized carbons (Fsp3) is 0.200. The van der Waals surface area contributed by atoms with Gasteiger partial charge in [0.15, 0.2) is 0 Å². The van der Waals surface area contributed by atoms with Crippen molar-refractivity contribution in [3.8, 4) is 11.3 Å². The molecule has 3 aromatic rings. The number of halogens is 1. The number of aliphatic hydroxyl groups is 1. The van der Waals surface area contributed by atoms with Gasteiger partial charge >= 0.3 is 0 Å². The van der Waals surface area contributed by atoms with E-state index in [2.05, 4.69) is 5.10 Å². The summed E-state index contributed by atoms with van der Waals surface area (Å²) in [5.74, 6) is 0. The molecule has 1 aromatic heterocycles. The number of benzene rings is 2. The van der Waals surface area contributed by atoms with E-state index in [4.69, 9.17) is 16.3 Å². The highest BCUT2D eigenvalue weighted by molar-refractivity contribution is 6.31. The van der Waals surface area contributed by atoms with E-state index in [-0.39, 0.29) is 18.7 Å². The molecule has 26 heavy (non-hydrogen) atoms. The lowest BCUT2D eigenvalue weighted by atomic mass is 10.1. The molecule has 2 aromatic carbocycles. The minimum atomic E-state index is -0.853. The highest BCUT2D eigenvalue weighted by Gasteiger charge is 2.10. The molecule has 0 aliphatic carbocycles. The third kappa shape index (κ3) is 4.79. The minimum absolute atomic E-state index is 0.0576. The Balaban J connectivity index is 1.61. The molecule has 0 spiro atoms. The van der Waals surface area contributed by atoms with E-state index in [9.17, 15) is 9.90 Å². The van der Waals surface area contributed by atoms with E-state index < -0.39 is 6.10 Å². The minimum Gasteiger partial charge on any atom is -0.389 e. The van der Waals surface area contributed by atoms with E-state index in [0.717, 1.165) is 11.1 Å². The standard InChI is InChI=1S/C20H19ClN2O3/c21-18-9-5-4-8-16(18)13-26-14-17(24)12-23-20(25)11-10-19(22-23)15-6-2-1-3-7-15/h1-11,17,24H,12-14H2/t17-/m1/s1. The predicted octanol–water partition coefficient (Wildman–Crippen LogP) is 3.14. The maximum Gasteiger partial charge on any atom is 0.266 e. The van der Waals surface area contributed by atoms with Gasteiger partial charge in [-0.15, -0.1) is 0 Å². The molecular formula is C20H19ClN2O3. The Bertz CT molecular complexity index is 912. The lowest BCUT2D eigenvalue weighted by Gasteiger charge is -2.13. The van der Waals surface area contributed by atoms with Crippen molar-refractivity contribution in [3.63, 3.8) is 0 Å². The normalized spacial score (nSPS) is 12.1. The second-order valence-electron chi connectivity index (χ2n) is 5.87. The monoisotopic (exact) mass is 370 g/mol. The van der Waals surface area contributed by atoms with Crippen LogP contribution in [0.15, 0.2) is 71.5 Å². The van der Waals surface area contributed by atoms with Crippen LogP contribution in [0.2, 0.25) is 5.02 Å². The highest BCUT2D eigenvalue weighted by Crippen LogP contribution is 2.16. The van der Waals surface area contributed by atoms with Gasteiger partial charge in [0, 0.05) is 16.7 Å². The molecule has 0 radical (unpaired) electrons. The summed E-state index contributed by atoms with van der Waals surface area (Å²) in [4.78, 5) is 12.0. The van der Waals surface area contributed by atoms with Crippen LogP contribution in [0.1, 0.15) is 5.56 Å². The Labute approximate surface area is 156 Å². The van der Waals surface area contributed by atoms with Gasteiger partial charge in [-0.05, 0) is 17.7 Å². The number of aliphatic hydroxyl groups excluding tert-OH is 1. The van der Waals surface area contributed by atoms with Crippen LogP contribution < -0.4 is 5.56 Å².